The molecule has 0 aromatic heterocycles. The highest BCUT2D eigenvalue weighted by Crippen LogP contribution is 2.51. The van der Waals surface area contributed by atoms with Gasteiger partial charge in [-0.15, -0.1) is 0 Å². The van der Waals surface area contributed by atoms with Crippen LogP contribution in [0.1, 0.15) is 63.5 Å². The minimum Gasteiger partial charge on any atom is -0.490 e. The lowest BCUT2D eigenvalue weighted by Gasteiger charge is -2.42. The molecule has 2 aromatic rings. The second-order valence-electron chi connectivity index (χ2n) is 9.07. The van der Waals surface area contributed by atoms with Crippen LogP contribution < -0.4 is 19.7 Å². The molecule has 0 spiro atoms. The number of benzene rings is 2. The third-order valence-corrected chi connectivity index (χ3v) is 5.88. The summed E-state index contributed by atoms with van der Waals surface area (Å²) in [6.45, 7) is 6.41. The fourth-order valence-electron chi connectivity index (χ4n) is 4.66. The van der Waals surface area contributed by atoms with E-state index in [0.29, 0.717) is 5.92 Å². The Morgan fingerprint density at radius 1 is 1.17 bits per heavy atom. The summed E-state index contributed by atoms with van der Waals surface area (Å²) in [7, 11) is 1.62. The lowest BCUT2D eigenvalue weighted by atomic mass is 9.80. The number of hydrogen-bond acceptors (Lipinski definition) is 5. The molecule has 162 valence electrons. The van der Waals surface area contributed by atoms with Crippen LogP contribution in [0.2, 0.25) is 0 Å². The van der Waals surface area contributed by atoms with Crippen LogP contribution in [0.3, 0.4) is 0 Å². The average molecular weight is 412 g/mol. The SMILES string of the molecule is CONC1CC2CC(C)(C)Oc3cc(OC(C)CCCc4ccccc4)cc(c32)O1. The standard InChI is InChI=1S/C25H33NO4/c1-17(9-8-12-18-10-6-5-7-11-18)28-20-14-21-24-19(13-23(29-21)26-27-4)16-25(2,3)30-22(24)15-20/h5-7,10-11,14-15,17,19,23,26H,8-9,12-13,16H2,1-4H3. The van der Waals surface area contributed by atoms with E-state index in [1.165, 1.54) is 5.56 Å². The normalized spacial score (nSPS) is 22.4. The monoisotopic (exact) mass is 411 g/mol. The fraction of sp³-hybridized carbons (Fsp3) is 0.520. The molecule has 5 heteroatoms. The zero-order valence-electron chi connectivity index (χ0n) is 18.4. The zero-order valence-corrected chi connectivity index (χ0v) is 18.4. The molecular weight excluding hydrogens is 378 g/mol. The molecule has 0 saturated heterocycles. The van der Waals surface area contributed by atoms with Crippen molar-refractivity contribution in [2.45, 2.75) is 76.7 Å². The minimum absolute atomic E-state index is 0.114. The van der Waals surface area contributed by atoms with E-state index in [9.17, 15) is 0 Å². The van der Waals surface area contributed by atoms with Gasteiger partial charge in [-0.3, -0.25) is 0 Å². The molecular formula is C25H33NO4. The Morgan fingerprint density at radius 2 is 1.93 bits per heavy atom. The summed E-state index contributed by atoms with van der Waals surface area (Å²) in [5.74, 6) is 2.89. The first-order chi connectivity index (χ1) is 14.4. The number of rotatable bonds is 8. The second-order valence-corrected chi connectivity index (χ2v) is 9.07. The average Bonchev–Trinajstić information content (AvgIpc) is 2.67. The van der Waals surface area contributed by atoms with Gasteiger partial charge in [-0.05, 0) is 57.9 Å². The van der Waals surface area contributed by atoms with E-state index >= 15 is 0 Å². The quantitative estimate of drug-likeness (QED) is 0.591. The lowest BCUT2D eigenvalue weighted by molar-refractivity contribution is -0.0406. The number of hydroxylamine groups is 1. The Hall–Kier alpha value is -2.24. The first-order valence-corrected chi connectivity index (χ1v) is 11.0. The molecule has 2 aliphatic rings. The topological polar surface area (TPSA) is 49.0 Å². The van der Waals surface area contributed by atoms with Gasteiger partial charge in [0.25, 0.3) is 0 Å². The Bertz CT molecular complexity index is 852. The Balaban J connectivity index is 1.46. The Labute approximate surface area is 179 Å². The van der Waals surface area contributed by atoms with Crippen LogP contribution in [-0.4, -0.2) is 25.0 Å². The van der Waals surface area contributed by atoms with Crippen molar-refractivity contribution < 1.29 is 19.0 Å². The fourth-order valence-corrected chi connectivity index (χ4v) is 4.66. The molecule has 30 heavy (non-hydrogen) atoms. The predicted octanol–water partition coefficient (Wildman–Crippen LogP) is 5.38. The molecule has 3 unspecified atom stereocenters. The van der Waals surface area contributed by atoms with E-state index in [1.54, 1.807) is 7.11 Å². The predicted molar refractivity (Wildman–Crippen MR) is 117 cm³/mol. The van der Waals surface area contributed by atoms with Gasteiger partial charge in [0.1, 0.15) is 22.8 Å². The van der Waals surface area contributed by atoms with E-state index in [4.69, 9.17) is 19.0 Å². The zero-order chi connectivity index (χ0) is 21.1. The summed E-state index contributed by atoms with van der Waals surface area (Å²) >= 11 is 0. The van der Waals surface area contributed by atoms with Crippen molar-refractivity contribution in [3.05, 3.63) is 53.6 Å². The molecule has 0 aliphatic carbocycles. The van der Waals surface area contributed by atoms with E-state index in [0.717, 1.165) is 54.9 Å². The van der Waals surface area contributed by atoms with Crippen molar-refractivity contribution >= 4 is 0 Å². The van der Waals surface area contributed by atoms with Crippen molar-refractivity contribution in [2.75, 3.05) is 7.11 Å². The molecule has 2 aliphatic heterocycles. The summed E-state index contributed by atoms with van der Waals surface area (Å²) in [6, 6.07) is 14.6. The largest absolute Gasteiger partial charge is 0.490 e. The maximum atomic E-state index is 6.31. The molecule has 0 fully saturated rings. The van der Waals surface area contributed by atoms with Crippen LogP contribution in [0, 0.1) is 0 Å². The third-order valence-electron chi connectivity index (χ3n) is 5.88. The number of hydrogen-bond donors (Lipinski definition) is 1. The van der Waals surface area contributed by atoms with Gasteiger partial charge in [0, 0.05) is 24.1 Å². The van der Waals surface area contributed by atoms with Gasteiger partial charge in [-0.1, -0.05) is 30.3 Å². The van der Waals surface area contributed by atoms with Crippen LogP contribution in [0.5, 0.6) is 17.2 Å². The first-order valence-electron chi connectivity index (χ1n) is 11.0. The van der Waals surface area contributed by atoms with Gasteiger partial charge in [0.15, 0.2) is 6.23 Å². The highest BCUT2D eigenvalue weighted by atomic mass is 16.7. The molecule has 0 saturated carbocycles. The number of aryl methyl sites for hydroxylation is 1. The van der Waals surface area contributed by atoms with Gasteiger partial charge in [0.2, 0.25) is 0 Å². The molecule has 0 radical (unpaired) electrons. The van der Waals surface area contributed by atoms with Crippen molar-refractivity contribution in [3.8, 4) is 17.2 Å². The van der Waals surface area contributed by atoms with Gasteiger partial charge in [-0.25, -0.2) is 0 Å². The summed E-state index contributed by atoms with van der Waals surface area (Å²) in [6.07, 6.45) is 4.90. The van der Waals surface area contributed by atoms with Crippen LogP contribution in [0.15, 0.2) is 42.5 Å². The van der Waals surface area contributed by atoms with Gasteiger partial charge >= 0.3 is 0 Å². The van der Waals surface area contributed by atoms with Crippen molar-refractivity contribution in [3.63, 3.8) is 0 Å². The highest BCUT2D eigenvalue weighted by molar-refractivity contribution is 5.55. The maximum absolute atomic E-state index is 6.31. The molecule has 2 heterocycles. The number of nitrogens with one attached hydrogen (secondary N) is 1. The van der Waals surface area contributed by atoms with E-state index in [-0.39, 0.29) is 17.9 Å². The Kier molecular flexibility index (Phi) is 6.21. The second kappa shape index (κ2) is 8.86. The van der Waals surface area contributed by atoms with Crippen molar-refractivity contribution in [2.24, 2.45) is 0 Å². The van der Waals surface area contributed by atoms with Gasteiger partial charge in [0.05, 0.1) is 13.2 Å². The molecule has 3 atom stereocenters. The number of ether oxygens (including phenoxy) is 3. The van der Waals surface area contributed by atoms with Crippen LogP contribution in [0.4, 0.5) is 0 Å². The molecule has 0 amide bonds. The van der Waals surface area contributed by atoms with Crippen LogP contribution in [0.25, 0.3) is 0 Å². The molecule has 5 nitrogen and oxygen atoms in total. The van der Waals surface area contributed by atoms with Crippen LogP contribution in [-0.2, 0) is 11.3 Å². The smallest absolute Gasteiger partial charge is 0.172 e. The molecule has 4 rings (SSSR count). The molecule has 0 bridgehead atoms. The van der Waals surface area contributed by atoms with E-state index < -0.39 is 0 Å². The first kappa shape index (κ1) is 21.0. The Morgan fingerprint density at radius 3 is 2.70 bits per heavy atom. The van der Waals surface area contributed by atoms with Gasteiger partial charge < -0.3 is 19.0 Å². The third kappa shape index (κ3) is 4.90. The minimum atomic E-state index is -0.218. The summed E-state index contributed by atoms with van der Waals surface area (Å²) in [5, 5.41) is 0. The summed E-state index contributed by atoms with van der Waals surface area (Å²) in [4.78, 5) is 5.13. The van der Waals surface area contributed by atoms with E-state index in [2.05, 4.69) is 56.6 Å². The summed E-state index contributed by atoms with van der Waals surface area (Å²) < 4.78 is 18.7. The molecule has 1 N–H and O–H groups in total. The van der Waals surface area contributed by atoms with Crippen molar-refractivity contribution in [1.82, 2.24) is 5.48 Å². The molecule has 2 aromatic carbocycles. The van der Waals surface area contributed by atoms with Crippen molar-refractivity contribution in [1.29, 1.82) is 0 Å². The summed E-state index contributed by atoms with van der Waals surface area (Å²) in [5.41, 5.74) is 5.27. The van der Waals surface area contributed by atoms with Gasteiger partial charge in [-0.2, -0.15) is 5.48 Å². The highest BCUT2D eigenvalue weighted by Gasteiger charge is 2.41. The van der Waals surface area contributed by atoms with Crippen LogP contribution >= 0.6 is 0 Å². The lowest BCUT2D eigenvalue weighted by Crippen LogP contribution is -2.43. The van der Waals surface area contributed by atoms with E-state index in [1.807, 2.05) is 12.1 Å². The maximum Gasteiger partial charge on any atom is 0.172 e.